The summed E-state index contributed by atoms with van der Waals surface area (Å²) in [6.45, 7) is 2.30. The van der Waals surface area contributed by atoms with Gasteiger partial charge in [0, 0.05) is 0 Å². The van der Waals surface area contributed by atoms with E-state index in [1.54, 1.807) is 26.4 Å². The fraction of sp³-hybridized carbons (Fsp3) is 0.409. The quantitative estimate of drug-likeness (QED) is 0.471. The molecule has 0 radical (unpaired) electrons. The number of fused-ring (bicyclic) bond motifs is 1. The Kier molecular flexibility index (Phi) is 8.28. The first-order chi connectivity index (χ1) is 14.5. The van der Waals surface area contributed by atoms with Crippen molar-refractivity contribution >= 4 is 9.18 Å². The second kappa shape index (κ2) is 10.9. The molecule has 1 amide bonds. The number of methoxy groups -OCH3 is 2. The Morgan fingerprint density at radius 3 is 2.57 bits per heavy atom. The van der Waals surface area contributed by atoms with Gasteiger partial charge in [-0.15, -0.1) is 0 Å². The van der Waals surface area contributed by atoms with Crippen molar-refractivity contribution in [1.29, 1.82) is 0 Å². The molecule has 0 aromatic heterocycles. The number of hydrogen-bond acceptors (Lipinski definition) is 5. The van der Waals surface area contributed by atoms with Crippen LogP contribution in [0.5, 0.6) is 17.2 Å². The summed E-state index contributed by atoms with van der Waals surface area (Å²) in [5.41, 5.74) is 2.93. The van der Waals surface area contributed by atoms with Gasteiger partial charge < -0.3 is 9.47 Å². The third-order valence-corrected chi connectivity index (χ3v) is 5.95. The van der Waals surface area contributed by atoms with Crippen LogP contribution in [0.4, 0.5) is 4.39 Å². The number of ether oxygens (including phenoxy) is 3. The molecule has 2 aromatic carbocycles. The van der Waals surface area contributed by atoms with Crippen molar-refractivity contribution in [3.8, 4) is 17.2 Å². The molecule has 0 fully saturated rings. The van der Waals surface area contributed by atoms with Crippen LogP contribution in [0.25, 0.3) is 0 Å². The van der Waals surface area contributed by atoms with E-state index in [0.717, 1.165) is 40.8 Å². The predicted molar refractivity (Wildman–Crippen MR) is 108 cm³/mol. The molecule has 0 unspecified atom stereocenters. The maximum atomic E-state index is 12.6. The first-order valence-electron chi connectivity index (χ1n) is 9.78. The van der Waals surface area contributed by atoms with Crippen LogP contribution in [0.1, 0.15) is 21.5 Å². The Morgan fingerprint density at radius 2 is 1.87 bits per heavy atom. The molecule has 30 heavy (non-hydrogen) atoms. The summed E-state index contributed by atoms with van der Waals surface area (Å²) in [6, 6.07) is 9.46. The maximum absolute atomic E-state index is 12.6. The summed E-state index contributed by atoms with van der Waals surface area (Å²) in [7, 11) is 3.28. The Labute approximate surface area is 191 Å². The molecule has 0 bridgehead atoms. The van der Waals surface area contributed by atoms with Gasteiger partial charge >= 0.3 is 162 Å². The first-order valence-corrected chi connectivity index (χ1v) is 11.2. The minimum atomic E-state index is -0.592. The Hall–Kier alpha value is -1.92. The minimum absolute atomic E-state index is 0.0602. The SMILES string of the molecule is COc1cc2c(cc1OC)CN(CCNC(=O)c1cc([At])ccc1OCCF)CC2. The molecule has 0 saturated carbocycles. The first kappa shape index (κ1) is 22.8. The van der Waals surface area contributed by atoms with Crippen LogP contribution < -0.4 is 22.8 Å². The molecular formula is C22H26AtFN2O4. The molecule has 0 saturated heterocycles. The van der Waals surface area contributed by atoms with Crippen molar-refractivity contribution in [2.45, 2.75) is 13.0 Å². The third kappa shape index (κ3) is 5.61. The normalized spacial score (nSPS) is 13.5. The number of nitrogens with zero attached hydrogens (tertiary/aromatic N) is 1. The molecule has 1 N–H and O–H groups in total. The summed E-state index contributed by atoms with van der Waals surface area (Å²) < 4.78 is 29.6. The van der Waals surface area contributed by atoms with E-state index in [1.165, 1.54) is 35.8 Å². The number of carbonyl (C=O) groups excluding carboxylic acids is 1. The van der Waals surface area contributed by atoms with Gasteiger partial charge in [0.15, 0.2) is 5.75 Å². The van der Waals surface area contributed by atoms with E-state index in [0.29, 0.717) is 17.9 Å². The topological polar surface area (TPSA) is 60.0 Å². The fourth-order valence-electron chi connectivity index (χ4n) is 3.51. The van der Waals surface area contributed by atoms with Crippen molar-refractivity contribution < 1.29 is 48.1 Å². The van der Waals surface area contributed by atoms with Gasteiger partial charge in [-0.3, -0.25) is 0 Å². The zero-order chi connectivity index (χ0) is 21.5. The van der Waals surface area contributed by atoms with Crippen LogP contribution in [-0.4, -0.2) is 57.9 Å². The van der Waals surface area contributed by atoms with E-state index in [4.69, 9.17) is 14.2 Å². The van der Waals surface area contributed by atoms with Gasteiger partial charge in [-0.05, 0) is 0 Å². The van der Waals surface area contributed by atoms with Crippen LogP contribution in [-0.2, 0) is 13.0 Å². The standard InChI is InChI=1S/C22H26AtFN2O4/c1-28-20-11-15-5-8-26(14-16(15)12-21(20)29-2)9-7-25-22(27)18-13-17(23)3-4-19(18)30-10-6-24/h3-4,11-13H,5-10,14H2,1-2H3,(H,25,27). The molecule has 1 aliphatic heterocycles. The number of hydrogen-bond donors (Lipinski definition) is 1. The number of nitrogens with one attached hydrogen (secondary N) is 1. The Morgan fingerprint density at radius 1 is 1.13 bits per heavy atom. The summed E-state index contributed by atoms with van der Waals surface area (Å²) in [6.07, 6.45) is 0.921. The molecule has 6 nitrogen and oxygen atoms in total. The number of carbonyl (C=O) groups is 1. The average Bonchev–Trinajstić information content (AvgIpc) is 2.77. The van der Waals surface area contributed by atoms with E-state index < -0.39 is 6.67 Å². The number of amides is 1. The molecular weight excluding hydrogens is 585 g/mol. The monoisotopic (exact) mass is 611 g/mol. The van der Waals surface area contributed by atoms with E-state index in [2.05, 4.69) is 10.2 Å². The molecule has 1 aliphatic rings. The van der Waals surface area contributed by atoms with Crippen molar-refractivity contribution in [2.24, 2.45) is 0 Å². The zero-order valence-electron chi connectivity index (χ0n) is 17.2. The van der Waals surface area contributed by atoms with Crippen LogP contribution in [0.2, 0.25) is 0 Å². The number of rotatable bonds is 9. The van der Waals surface area contributed by atoms with Crippen LogP contribution >= 0.6 is 0 Å². The van der Waals surface area contributed by atoms with Gasteiger partial charge in [0.1, 0.15) is 0 Å². The van der Waals surface area contributed by atoms with Crippen molar-refractivity contribution in [2.75, 3.05) is 47.1 Å². The van der Waals surface area contributed by atoms with Crippen molar-refractivity contribution in [3.05, 3.63) is 47.0 Å². The third-order valence-electron chi connectivity index (χ3n) is 5.03. The van der Waals surface area contributed by atoms with Gasteiger partial charge in [0.25, 0.3) is 0 Å². The summed E-state index contributed by atoms with van der Waals surface area (Å²) >= 11 is 1.48. The summed E-state index contributed by atoms with van der Waals surface area (Å²) in [5, 5.41) is 2.96. The summed E-state index contributed by atoms with van der Waals surface area (Å²) in [5.74, 6) is 1.69. The second-order valence-electron chi connectivity index (χ2n) is 6.94. The number of benzene rings is 2. The van der Waals surface area contributed by atoms with Crippen LogP contribution in [0, 0.1) is 24.7 Å². The Balaban J connectivity index is 1.58. The Bertz CT molecular complexity index is 894. The predicted octanol–water partition coefficient (Wildman–Crippen LogP) is 2.01. The molecule has 0 atom stereocenters. The van der Waals surface area contributed by atoms with E-state index in [-0.39, 0.29) is 12.5 Å². The molecule has 8 heteroatoms. The molecule has 3 rings (SSSR count). The van der Waals surface area contributed by atoms with Gasteiger partial charge in [0.2, 0.25) is 0 Å². The molecule has 1 heterocycles. The number of halogens is 1. The van der Waals surface area contributed by atoms with Gasteiger partial charge in [-0.1, -0.05) is 0 Å². The van der Waals surface area contributed by atoms with Crippen molar-refractivity contribution in [1.82, 2.24) is 10.2 Å². The van der Waals surface area contributed by atoms with E-state index in [9.17, 15) is 9.18 Å². The van der Waals surface area contributed by atoms with E-state index in [1.807, 2.05) is 18.2 Å². The molecule has 0 aliphatic carbocycles. The van der Waals surface area contributed by atoms with Gasteiger partial charge in [-0.25, -0.2) is 0 Å². The fourth-order valence-corrected chi connectivity index (χ4v) is 4.18. The zero-order valence-corrected chi connectivity index (χ0v) is 20.1. The van der Waals surface area contributed by atoms with Gasteiger partial charge in [-0.2, -0.15) is 0 Å². The van der Waals surface area contributed by atoms with Crippen LogP contribution in [0.3, 0.4) is 0 Å². The average molecular weight is 611 g/mol. The van der Waals surface area contributed by atoms with Gasteiger partial charge in [0.05, 0.1) is 14.2 Å². The molecule has 2 aromatic rings. The van der Waals surface area contributed by atoms with Crippen molar-refractivity contribution in [3.63, 3.8) is 0 Å². The number of alkyl halides is 1. The molecule has 0 spiro atoms. The molecule has 162 valence electrons. The second-order valence-corrected chi connectivity index (χ2v) is 8.63. The summed E-state index contributed by atoms with van der Waals surface area (Å²) in [4.78, 5) is 14.9. The van der Waals surface area contributed by atoms with E-state index >= 15 is 0 Å². The van der Waals surface area contributed by atoms with Crippen LogP contribution in [0.15, 0.2) is 30.3 Å².